The zero-order valence-electron chi connectivity index (χ0n) is 17.1. The summed E-state index contributed by atoms with van der Waals surface area (Å²) < 4.78 is 40.6. The first-order chi connectivity index (χ1) is 14.4. The summed E-state index contributed by atoms with van der Waals surface area (Å²) in [7, 11) is 1.60. The highest BCUT2D eigenvalue weighted by atomic mass is 19.3. The molecule has 1 atom stereocenters. The van der Waals surface area contributed by atoms with Crippen LogP contribution in [-0.4, -0.2) is 49.8 Å². The highest BCUT2D eigenvalue weighted by Gasteiger charge is 2.46. The molecule has 1 aliphatic heterocycles. The van der Waals surface area contributed by atoms with Crippen LogP contribution < -0.4 is 19.5 Å². The van der Waals surface area contributed by atoms with Crippen molar-refractivity contribution in [2.45, 2.75) is 32.0 Å². The first-order valence-electron chi connectivity index (χ1n) is 9.75. The van der Waals surface area contributed by atoms with E-state index in [4.69, 9.17) is 9.47 Å². The second kappa shape index (κ2) is 9.75. The van der Waals surface area contributed by atoms with Gasteiger partial charge in [-0.3, -0.25) is 9.69 Å². The van der Waals surface area contributed by atoms with Crippen molar-refractivity contribution < 1.29 is 27.8 Å². The minimum atomic E-state index is -2.89. The Bertz CT molecular complexity index is 847. The van der Waals surface area contributed by atoms with Crippen LogP contribution in [0.1, 0.15) is 18.9 Å². The molecule has 0 bridgehead atoms. The smallest absolute Gasteiger partial charge is 0.387 e. The van der Waals surface area contributed by atoms with Crippen molar-refractivity contribution in [1.82, 2.24) is 10.2 Å². The molecule has 3 rings (SSSR count). The molecule has 1 N–H and O–H groups in total. The molecule has 30 heavy (non-hydrogen) atoms. The number of benzene rings is 2. The number of alkyl halides is 2. The molecule has 1 saturated heterocycles. The maximum atomic E-state index is 12.7. The number of hydrogen-bond donors (Lipinski definition) is 1. The highest BCUT2D eigenvalue weighted by Crippen LogP contribution is 2.34. The van der Waals surface area contributed by atoms with Gasteiger partial charge < -0.3 is 19.5 Å². The van der Waals surface area contributed by atoms with Crippen molar-refractivity contribution in [3.63, 3.8) is 0 Å². The van der Waals surface area contributed by atoms with E-state index in [0.717, 1.165) is 5.75 Å². The normalized spacial score (nSPS) is 18.6. The summed E-state index contributed by atoms with van der Waals surface area (Å²) in [6.07, 6.45) is 0.691. The standard InChI is InChI=1S/C22H26F2N2O4/c1-22(20(27)25-12-14-29-18-9-7-17(28-2)8-10-18)11-13-26(22)15-16-5-3-4-6-19(16)30-21(23)24/h3-10,21H,11-15H2,1-2H3,(H,25,27). The molecule has 2 aromatic carbocycles. The van der Waals surface area contributed by atoms with Gasteiger partial charge in [0.1, 0.15) is 23.9 Å². The van der Waals surface area contributed by atoms with Crippen LogP contribution in [0.25, 0.3) is 0 Å². The van der Waals surface area contributed by atoms with E-state index in [9.17, 15) is 13.6 Å². The van der Waals surface area contributed by atoms with Crippen LogP contribution in [0, 0.1) is 0 Å². The third kappa shape index (κ3) is 5.18. The molecule has 6 nitrogen and oxygen atoms in total. The lowest BCUT2D eigenvalue weighted by molar-refractivity contribution is -0.142. The molecule has 0 aliphatic carbocycles. The fourth-order valence-corrected chi connectivity index (χ4v) is 3.36. The molecular weight excluding hydrogens is 394 g/mol. The Labute approximate surface area is 174 Å². The summed E-state index contributed by atoms with van der Waals surface area (Å²) in [6, 6.07) is 13.9. The van der Waals surface area contributed by atoms with Gasteiger partial charge in [0.15, 0.2) is 0 Å². The SMILES string of the molecule is COc1ccc(OCCNC(=O)C2(C)CCN2Cc2ccccc2OC(F)F)cc1. The number of nitrogens with one attached hydrogen (secondary N) is 1. The molecule has 1 fully saturated rings. The topological polar surface area (TPSA) is 60.0 Å². The third-order valence-electron chi connectivity index (χ3n) is 5.32. The number of likely N-dealkylation sites (tertiary alicyclic amines) is 1. The predicted molar refractivity (Wildman–Crippen MR) is 108 cm³/mol. The van der Waals surface area contributed by atoms with Crippen LogP contribution in [-0.2, 0) is 11.3 Å². The number of rotatable bonds is 10. The third-order valence-corrected chi connectivity index (χ3v) is 5.32. The van der Waals surface area contributed by atoms with Gasteiger partial charge in [0, 0.05) is 18.7 Å². The van der Waals surface area contributed by atoms with Crippen molar-refractivity contribution in [1.29, 1.82) is 0 Å². The number of nitrogens with zero attached hydrogens (tertiary/aromatic N) is 1. The lowest BCUT2D eigenvalue weighted by atomic mass is 9.85. The largest absolute Gasteiger partial charge is 0.497 e. The number of carbonyl (C=O) groups excluding carboxylic acids is 1. The second-order valence-electron chi connectivity index (χ2n) is 7.21. The minimum absolute atomic E-state index is 0.112. The average Bonchev–Trinajstić information content (AvgIpc) is 2.74. The van der Waals surface area contributed by atoms with Crippen molar-refractivity contribution in [3.8, 4) is 17.2 Å². The van der Waals surface area contributed by atoms with Crippen molar-refractivity contribution in [3.05, 3.63) is 54.1 Å². The van der Waals surface area contributed by atoms with Crippen LogP contribution in [0.2, 0.25) is 0 Å². The van der Waals surface area contributed by atoms with Gasteiger partial charge >= 0.3 is 6.61 Å². The van der Waals surface area contributed by atoms with Gasteiger partial charge in [-0.2, -0.15) is 8.78 Å². The zero-order chi connectivity index (χ0) is 21.6. The number of hydrogen-bond acceptors (Lipinski definition) is 5. The average molecular weight is 420 g/mol. The van der Waals surface area contributed by atoms with E-state index in [0.29, 0.717) is 44.0 Å². The van der Waals surface area contributed by atoms with Gasteiger partial charge in [0.2, 0.25) is 5.91 Å². The first kappa shape index (κ1) is 21.8. The van der Waals surface area contributed by atoms with Crippen molar-refractivity contribution >= 4 is 5.91 Å². The van der Waals surface area contributed by atoms with Gasteiger partial charge in [-0.25, -0.2) is 0 Å². The quantitative estimate of drug-likeness (QED) is 0.597. The molecule has 1 heterocycles. The Hall–Kier alpha value is -2.87. The van der Waals surface area contributed by atoms with Crippen LogP contribution in [0.15, 0.2) is 48.5 Å². The summed E-state index contributed by atoms with van der Waals surface area (Å²) in [5.41, 5.74) is -0.0720. The highest BCUT2D eigenvalue weighted by molar-refractivity contribution is 5.86. The summed E-state index contributed by atoms with van der Waals surface area (Å²) in [6.45, 7) is 0.721. The maximum absolute atomic E-state index is 12.7. The van der Waals surface area contributed by atoms with Crippen LogP contribution in [0.5, 0.6) is 17.2 Å². The van der Waals surface area contributed by atoms with Crippen LogP contribution in [0.3, 0.4) is 0 Å². The number of amides is 1. The molecule has 1 aliphatic rings. The molecule has 1 amide bonds. The summed E-state index contributed by atoms with van der Waals surface area (Å²) in [5.74, 6) is 1.46. The van der Waals surface area contributed by atoms with Crippen LogP contribution in [0.4, 0.5) is 8.78 Å². The van der Waals surface area contributed by atoms with Gasteiger partial charge in [0.25, 0.3) is 0 Å². The maximum Gasteiger partial charge on any atom is 0.387 e. The van der Waals surface area contributed by atoms with Gasteiger partial charge in [-0.05, 0) is 43.7 Å². The minimum Gasteiger partial charge on any atom is -0.497 e. The molecule has 1 unspecified atom stereocenters. The van der Waals surface area contributed by atoms with Gasteiger partial charge in [-0.1, -0.05) is 18.2 Å². The van der Waals surface area contributed by atoms with Crippen molar-refractivity contribution in [2.75, 3.05) is 26.8 Å². The number of methoxy groups -OCH3 is 1. The molecule has 162 valence electrons. The molecule has 0 aromatic heterocycles. The second-order valence-corrected chi connectivity index (χ2v) is 7.21. The van der Waals surface area contributed by atoms with E-state index in [1.807, 2.05) is 11.8 Å². The predicted octanol–water partition coefficient (Wildman–Crippen LogP) is 3.46. The van der Waals surface area contributed by atoms with E-state index in [1.165, 1.54) is 6.07 Å². The monoisotopic (exact) mass is 420 g/mol. The van der Waals surface area contributed by atoms with Crippen LogP contribution >= 0.6 is 0 Å². The molecule has 0 saturated carbocycles. The van der Waals surface area contributed by atoms with Crippen molar-refractivity contribution in [2.24, 2.45) is 0 Å². The molecule has 8 heteroatoms. The summed E-state index contributed by atoms with van der Waals surface area (Å²) in [5, 5.41) is 2.90. The van der Waals surface area contributed by atoms with E-state index < -0.39 is 12.2 Å². The first-order valence-corrected chi connectivity index (χ1v) is 9.75. The fraction of sp³-hybridized carbons (Fsp3) is 0.409. The Morgan fingerprint density at radius 3 is 2.50 bits per heavy atom. The molecule has 0 spiro atoms. The summed E-state index contributed by atoms with van der Waals surface area (Å²) >= 11 is 0. The molecule has 0 radical (unpaired) electrons. The van der Waals surface area contributed by atoms with E-state index >= 15 is 0 Å². The fourth-order valence-electron chi connectivity index (χ4n) is 3.36. The van der Waals surface area contributed by atoms with E-state index in [2.05, 4.69) is 10.1 Å². The summed E-state index contributed by atoms with van der Waals surface area (Å²) in [4.78, 5) is 14.7. The molecular formula is C22H26F2N2O4. The number of ether oxygens (including phenoxy) is 3. The number of para-hydroxylation sites is 1. The number of halogens is 2. The zero-order valence-corrected chi connectivity index (χ0v) is 17.1. The van der Waals surface area contributed by atoms with Gasteiger partial charge in [0.05, 0.1) is 19.2 Å². The van der Waals surface area contributed by atoms with E-state index in [1.54, 1.807) is 49.6 Å². The Balaban J connectivity index is 1.49. The Morgan fingerprint density at radius 1 is 1.17 bits per heavy atom. The van der Waals surface area contributed by atoms with E-state index in [-0.39, 0.29) is 11.7 Å². The molecule has 2 aromatic rings. The lowest BCUT2D eigenvalue weighted by Crippen LogP contribution is -2.65. The Kier molecular flexibility index (Phi) is 7.10. The lowest BCUT2D eigenvalue weighted by Gasteiger charge is -2.49. The Morgan fingerprint density at radius 2 is 1.87 bits per heavy atom. The number of carbonyl (C=O) groups is 1. The van der Waals surface area contributed by atoms with Gasteiger partial charge in [-0.15, -0.1) is 0 Å².